The van der Waals surface area contributed by atoms with E-state index >= 15 is 0 Å². The third-order valence-electron chi connectivity index (χ3n) is 14.2. The Labute approximate surface area is 494 Å². The van der Waals surface area contributed by atoms with Gasteiger partial charge in [0.05, 0.1) is 0 Å². The molecule has 456 valence electrons. The highest BCUT2D eigenvalue weighted by Gasteiger charge is 2.19. The van der Waals surface area contributed by atoms with Crippen LogP contribution in [0.2, 0.25) is 0 Å². The van der Waals surface area contributed by atoms with Crippen molar-refractivity contribution in [3.05, 3.63) is 122 Å². The minimum absolute atomic E-state index is 0.0979. The molecule has 80 heavy (non-hydrogen) atoms. The van der Waals surface area contributed by atoms with Crippen molar-refractivity contribution in [2.24, 2.45) is 0 Å². The highest BCUT2D eigenvalue weighted by molar-refractivity contribution is 5.71. The number of carbonyl (C=O) groups is 3. The second-order valence-electron chi connectivity index (χ2n) is 22.0. The molecule has 0 saturated heterocycles. The van der Waals surface area contributed by atoms with E-state index in [1.54, 1.807) is 0 Å². The first-order valence-electron chi connectivity index (χ1n) is 33.5. The predicted molar refractivity (Wildman–Crippen MR) is 348 cm³/mol. The van der Waals surface area contributed by atoms with Crippen molar-refractivity contribution in [3.63, 3.8) is 0 Å². The largest absolute Gasteiger partial charge is 0.462 e. The van der Waals surface area contributed by atoms with Crippen LogP contribution in [0.4, 0.5) is 0 Å². The lowest BCUT2D eigenvalue weighted by Crippen LogP contribution is -2.30. The molecule has 0 rings (SSSR count). The second kappa shape index (κ2) is 67.3. The number of allylic oxidation sites excluding steroid dienone is 20. The Hall–Kier alpha value is -4.19. The molecular weight excluding hydrogens is 985 g/mol. The summed E-state index contributed by atoms with van der Waals surface area (Å²) in [5.41, 5.74) is 0. The molecule has 0 aromatic carbocycles. The molecule has 0 spiro atoms. The van der Waals surface area contributed by atoms with Gasteiger partial charge in [-0.3, -0.25) is 14.4 Å². The fourth-order valence-electron chi connectivity index (χ4n) is 9.14. The monoisotopic (exact) mass is 1110 g/mol. The number of ether oxygens (including phenoxy) is 3. The van der Waals surface area contributed by atoms with Crippen LogP contribution < -0.4 is 0 Å². The van der Waals surface area contributed by atoms with Crippen molar-refractivity contribution in [2.45, 2.75) is 316 Å². The highest BCUT2D eigenvalue weighted by Crippen LogP contribution is 2.16. The van der Waals surface area contributed by atoms with Crippen molar-refractivity contribution in [1.29, 1.82) is 0 Å². The van der Waals surface area contributed by atoms with E-state index in [9.17, 15) is 14.4 Å². The molecule has 0 bridgehead atoms. The predicted octanol–water partition coefficient (Wildman–Crippen LogP) is 23.2. The maximum absolute atomic E-state index is 12.9. The SMILES string of the molecule is CC/C=C\C/C=C\C/C=C\C/C=C\C/C=C\C/C=C\C/C=C\CCCCCC(=O)OCC(COC(=O)CCCCCCC/C=C\C/C=C\CCCC)OC(=O)CCCCCCCCCCCCC/C=C\CCCCCCCCCC. The number of hydrogen-bond donors (Lipinski definition) is 0. The molecule has 0 fully saturated rings. The first-order chi connectivity index (χ1) is 39.5. The van der Waals surface area contributed by atoms with Gasteiger partial charge < -0.3 is 14.2 Å². The Kier molecular flexibility index (Phi) is 63.8. The Bertz CT molecular complexity index is 1650. The van der Waals surface area contributed by atoms with Crippen molar-refractivity contribution in [1.82, 2.24) is 0 Å². The van der Waals surface area contributed by atoms with Gasteiger partial charge in [0, 0.05) is 19.3 Å². The minimum atomic E-state index is -0.803. The molecule has 1 unspecified atom stereocenters. The zero-order chi connectivity index (χ0) is 57.8. The maximum Gasteiger partial charge on any atom is 0.306 e. The Morgan fingerprint density at radius 1 is 0.263 bits per heavy atom. The molecule has 0 aliphatic carbocycles. The smallest absolute Gasteiger partial charge is 0.306 e. The van der Waals surface area contributed by atoms with Crippen molar-refractivity contribution < 1.29 is 28.6 Å². The molecule has 0 aromatic heterocycles. The number of hydrogen-bond acceptors (Lipinski definition) is 6. The van der Waals surface area contributed by atoms with E-state index in [1.807, 2.05) is 0 Å². The summed E-state index contributed by atoms with van der Waals surface area (Å²) >= 11 is 0. The van der Waals surface area contributed by atoms with Crippen LogP contribution in [0.15, 0.2) is 122 Å². The lowest BCUT2D eigenvalue weighted by molar-refractivity contribution is -0.167. The molecule has 0 amide bonds. The van der Waals surface area contributed by atoms with E-state index in [1.165, 1.54) is 135 Å². The van der Waals surface area contributed by atoms with Gasteiger partial charge in [0.2, 0.25) is 0 Å². The van der Waals surface area contributed by atoms with Crippen LogP contribution in [-0.4, -0.2) is 37.2 Å². The number of rotatable bonds is 60. The summed E-state index contributed by atoms with van der Waals surface area (Å²) in [5, 5.41) is 0. The molecule has 0 N–H and O–H groups in total. The summed E-state index contributed by atoms with van der Waals surface area (Å²) in [4.78, 5) is 38.4. The molecule has 6 nitrogen and oxygen atoms in total. The van der Waals surface area contributed by atoms with Gasteiger partial charge in [-0.1, -0.05) is 284 Å². The first-order valence-corrected chi connectivity index (χ1v) is 33.5. The third-order valence-corrected chi connectivity index (χ3v) is 14.2. The average molecular weight is 1110 g/mol. The van der Waals surface area contributed by atoms with E-state index in [4.69, 9.17) is 14.2 Å². The van der Waals surface area contributed by atoms with Gasteiger partial charge in [-0.15, -0.1) is 0 Å². The molecule has 1 atom stereocenters. The topological polar surface area (TPSA) is 78.9 Å². The van der Waals surface area contributed by atoms with Crippen LogP contribution in [0.1, 0.15) is 310 Å². The van der Waals surface area contributed by atoms with Crippen molar-refractivity contribution >= 4 is 17.9 Å². The van der Waals surface area contributed by atoms with E-state index in [2.05, 4.69) is 142 Å². The summed E-state index contributed by atoms with van der Waals surface area (Å²) in [5.74, 6) is -0.938. The van der Waals surface area contributed by atoms with Crippen LogP contribution in [0, 0.1) is 0 Å². The van der Waals surface area contributed by atoms with Gasteiger partial charge in [0.1, 0.15) is 13.2 Å². The van der Waals surface area contributed by atoms with Gasteiger partial charge in [-0.05, 0) is 128 Å². The van der Waals surface area contributed by atoms with E-state index < -0.39 is 6.10 Å². The lowest BCUT2D eigenvalue weighted by Gasteiger charge is -2.18. The van der Waals surface area contributed by atoms with Gasteiger partial charge in [-0.2, -0.15) is 0 Å². The fraction of sp³-hybridized carbons (Fsp3) is 0.689. The van der Waals surface area contributed by atoms with Crippen LogP contribution in [0.25, 0.3) is 0 Å². The van der Waals surface area contributed by atoms with Gasteiger partial charge >= 0.3 is 17.9 Å². The normalized spacial score (nSPS) is 12.9. The standard InChI is InChI=1S/C74H124O6/c1-4-7-10-13-16-19-22-25-28-30-32-34-36-37-39-40-42-44-46-49-52-55-58-61-64-67-73(76)79-70-71(69-78-72(75)66-63-60-57-54-51-48-27-24-21-18-15-12-9-6-3)80-74(77)68-65-62-59-56-53-50-47-45-43-41-38-35-33-31-29-26-23-20-17-14-11-8-5-2/h7,10,15-16,18-19,24-25,27-28,31-34,37,39,42,44,49,52,71H,4-6,8-9,11-14,17,20-23,26,29-30,35-36,38,40-41,43,45-48,50-51,53-70H2,1-3H3/b10-7-,18-15-,19-16-,27-24-,28-25-,33-31-,34-32-,39-37-,44-42-,52-49-. The van der Waals surface area contributed by atoms with Gasteiger partial charge in [0.25, 0.3) is 0 Å². The Morgan fingerprint density at radius 3 is 0.825 bits per heavy atom. The third kappa shape index (κ3) is 64.6. The van der Waals surface area contributed by atoms with Crippen LogP contribution in [-0.2, 0) is 28.6 Å². The number of esters is 3. The number of unbranched alkanes of at least 4 members (excludes halogenated alkanes) is 29. The van der Waals surface area contributed by atoms with Crippen LogP contribution >= 0.6 is 0 Å². The zero-order valence-corrected chi connectivity index (χ0v) is 52.3. The molecule has 6 heteroatoms. The Morgan fingerprint density at radius 2 is 0.500 bits per heavy atom. The van der Waals surface area contributed by atoms with E-state index in [0.717, 1.165) is 135 Å². The van der Waals surface area contributed by atoms with Crippen molar-refractivity contribution in [3.8, 4) is 0 Å². The molecule has 0 aliphatic rings. The minimum Gasteiger partial charge on any atom is -0.462 e. The fourth-order valence-corrected chi connectivity index (χ4v) is 9.14. The van der Waals surface area contributed by atoms with Gasteiger partial charge in [0.15, 0.2) is 6.10 Å². The highest BCUT2D eigenvalue weighted by atomic mass is 16.6. The molecule has 0 saturated carbocycles. The van der Waals surface area contributed by atoms with E-state index in [0.29, 0.717) is 19.3 Å². The lowest BCUT2D eigenvalue weighted by atomic mass is 10.0. The molecule has 0 aliphatic heterocycles. The van der Waals surface area contributed by atoms with Crippen LogP contribution in [0.3, 0.4) is 0 Å². The summed E-state index contributed by atoms with van der Waals surface area (Å²) in [6.45, 7) is 6.47. The molecular formula is C74H124O6. The molecule has 0 aromatic rings. The molecule has 0 radical (unpaired) electrons. The summed E-state index contributed by atoms with van der Waals surface area (Å²) in [6, 6.07) is 0. The quantitative estimate of drug-likeness (QED) is 0.0261. The summed E-state index contributed by atoms with van der Waals surface area (Å²) < 4.78 is 16.9. The average Bonchev–Trinajstić information content (AvgIpc) is 3.46. The zero-order valence-electron chi connectivity index (χ0n) is 52.3. The Balaban J connectivity index is 4.42. The number of carbonyl (C=O) groups excluding carboxylic acids is 3. The van der Waals surface area contributed by atoms with Crippen molar-refractivity contribution in [2.75, 3.05) is 13.2 Å². The van der Waals surface area contributed by atoms with E-state index in [-0.39, 0.29) is 31.1 Å². The van der Waals surface area contributed by atoms with Gasteiger partial charge in [-0.25, -0.2) is 0 Å². The second-order valence-corrected chi connectivity index (χ2v) is 22.0. The van der Waals surface area contributed by atoms with Crippen LogP contribution in [0.5, 0.6) is 0 Å². The summed E-state index contributed by atoms with van der Waals surface area (Å²) in [7, 11) is 0. The summed E-state index contributed by atoms with van der Waals surface area (Å²) in [6.07, 6.45) is 93.5. The maximum atomic E-state index is 12.9. The first kappa shape index (κ1) is 75.8. The molecule has 0 heterocycles.